The first-order chi connectivity index (χ1) is 6.81. The molecular formula is C11H15NOS. The van der Waals surface area contributed by atoms with Gasteiger partial charge in [-0.1, -0.05) is 6.07 Å². The summed E-state index contributed by atoms with van der Waals surface area (Å²) in [6, 6.07) is 6.15. The Labute approximate surface area is 88.8 Å². The molecule has 2 N–H and O–H groups in total. The second kappa shape index (κ2) is 4.13. The molecule has 0 amide bonds. The van der Waals surface area contributed by atoms with Gasteiger partial charge in [-0.05, 0) is 35.8 Å². The maximum absolute atomic E-state index is 5.87. The number of hydrogen-bond acceptors (Lipinski definition) is 3. The summed E-state index contributed by atoms with van der Waals surface area (Å²) in [5.74, 6) is 3.97. The number of benzene rings is 1. The predicted octanol–water partition coefficient (Wildman–Crippen LogP) is 2.50. The Morgan fingerprint density at radius 2 is 2.36 bits per heavy atom. The molecule has 0 aromatic heterocycles. The molecule has 1 fully saturated rings. The molecule has 1 aromatic carbocycles. The molecule has 0 spiro atoms. The van der Waals surface area contributed by atoms with E-state index in [-0.39, 0.29) is 0 Å². The van der Waals surface area contributed by atoms with Crippen molar-refractivity contribution in [3.63, 3.8) is 0 Å². The van der Waals surface area contributed by atoms with E-state index in [9.17, 15) is 0 Å². The maximum Gasteiger partial charge on any atom is 0.141 e. The lowest BCUT2D eigenvalue weighted by Crippen LogP contribution is -1.99. The Morgan fingerprint density at radius 1 is 1.50 bits per heavy atom. The molecule has 1 heterocycles. The molecule has 0 bridgehead atoms. The van der Waals surface area contributed by atoms with Gasteiger partial charge in [-0.2, -0.15) is 11.8 Å². The molecule has 3 heteroatoms. The number of anilines is 1. The van der Waals surface area contributed by atoms with E-state index in [0.717, 1.165) is 11.4 Å². The lowest BCUT2D eigenvalue weighted by Gasteiger charge is -2.11. The minimum atomic E-state index is 0.688. The van der Waals surface area contributed by atoms with Gasteiger partial charge in [0.05, 0.1) is 12.8 Å². The van der Waals surface area contributed by atoms with Crippen LogP contribution in [0.1, 0.15) is 17.9 Å². The van der Waals surface area contributed by atoms with Gasteiger partial charge in [0.1, 0.15) is 5.75 Å². The molecule has 0 radical (unpaired) electrons. The summed E-state index contributed by atoms with van der Waals surface area (Å²) < 4.78 is 5.13. The van der Waals surface area contributed by atoms with Gasteiger partial charge >= 0.3 is 0 Å². The minimum Gasteiger partial charge on any atom is -0.495 e. The Bertz CT molecular complexity index is 321. The highest BCUT2D eigenvalue weighted by Gasteiger charge is 2.18. The zero-order valence-electron chi connectivity index (χ0n) is 8.32. The Balaban J connectivity index is 2.23. The van der Waals surface area contributed by atoms with Crippen molar-refractivity contribution >= 4 is 17.4 Å². The van der Waals surface area contributed by atoms with Crippen LogP contribution in [0.2, 0.25) is 0 Å². The van der Waals surface area contributed by atoms with Gasteiger partial charge in [0.2, 0.25) is 0 Å². The fourth-order valence-electron chi connectivity index (χ4n) is 1.80. The molecule has 76 valence electrons. The summed E-state index contributed by atoms with van der Waals surface area (Å²) in [6.45, 7) is 0. The molecular weight excluding hydrogens is 194 g/mol. The first-order valence-electron chi connectivity index (χ1n) is 4.82. The van der Waals surface area contributed by atoms with E-state index in [1.165, 1.54) is 23.5 Å². The van der Waals surface area contributed by atoms with E-state index in [2.05, 4.69) is 12.1 Å². The van der Waals surface area contributed by atoms with Crippen LogP contribution in [-0.4, -0.2) is 18.6 Å². The van der Waals surface area contributed by atoms with Crippen molar-refractivity contribution < 1.29 is 4.74 Å². The van der Waals surface area contributed by atoms with E-state index in [4.69, 9.17) is 10.5 Å². The highest BCUT2D eigenvalue weighted by Crippen LogP contribution is 2.34. The van der Waals surface area contributed by atoms with Crippen molar-refractivity contribution in [3.05, 3.63) is 23.8 Å². The van der Waals surface area contributed by atoms with Crippen LogP contribution in [0, 0.1) is 0 Å². The van der Waals surface area contributed by atoms with Crippen molar-refractivity contribution in [2.45, 2.75) is 12.3 Å². The van der Waals surface area contributed by atoms with Crippen molar-refractivity contribution in [1.82, 2.24) is 0 Å². The molecule has 1 saturated heterocycles. The molecule has 2 rings (SSSR count). The van der Waals surface area contributed by atoms with Crippen molar-refractivity contribution in [1.29, 1.82) is 0 Å². The number of nitrogens with two attached hydrogens (primary N) is 1. The Hall–Kier alpha value is -0.830. The van der Waals surface area contributed by atoms with E-state index in [1.807, 2.05) is 17.8 Å². The zero-order valence-corrected chi connectivity index (χ0v) is 9.14. The van der Waals surface area contributed by atoms with Crippen LogP contribution in [-0.2, 0) is 0 Å². The van der Waals surface area contributed by atoms with Gasteiger partial charge in [-0.3, -0.25) is 0 Å². The van der Waals surface area contributed by atoms with Crippen LogP contribution in [0.5, 0.6) is 5.75 Å². The van der Waals surface area contributed by atoms with Crippen LogP contribution in [0.3, 0.4) is 0 Å². The lowest BCUT2D eigenvalue weighted by atomic mass is 9.98. The molecule has 0 saturated carbocycles. The van der Waals surface area contributed by atoms with Crippen molar-refractivity contribution in [3.8, 4) is 5.75 Å². The summed E-state index contributed by atoms with van der Waals surface area (Å²) >= 11 is 2.02. The second-order valence-corrected chi connectivity index (χ2v) is 4.71. The summed E-state index contributed by atoms with van der Waals surface area (Å²) in [4.78, 5) is 0. The standard InChI is InChI=1S/C11H15NOS/c1-13-11-3-2-8(6-10(11)12)9-4-5-14-7-9/h2-3,6,9H,4-5,7,12H2,1H3. The number of hydrogen-bond donors (Lipinski definition) is 1. The number of nitrogen functional groups attached to an aromatic ring is 1. The maximum atomic E-state index is 5.87. The van der Waals surface area contributed by atoms with E-state index < -0.39 is 0 Å². The summed E-state index contributed by atoms with van der Waals surface area (Å²) in [5, 5.41) is 0. The normalized spacial score (nSPS) is 21.1. The second-order valence-electron chi connectivity index (χ2n) is 3.56. The van der Waals surface area contributed by atoms with Gasteiger partial charge in [-0.15, -0.1) is 0 Å². The first kappa shape index (κ1) is 9.71. The van der Waals surface area contributed by atoms with E-state index >= 15 is 0 Å². The van der Waals surface area contributed by atoms with Crippen LogP contribution in [0.15, 0.2) is 18.2 Å². The predicted molar refractivity (Wildman–Crippen MR) is 62.1 cm³/mol. The van der Waals surface area contributed by atoms with Gasteiger partial charge in [0.25, 0.3) is 0 Å². The van der Waals surface area contributed by atoms with Crippen LogP contribution in [0.25, 0.3) is 0 Å². The zero-order chi connectivity index (χ0) is 9.97. The van der Waals surface area contributed by atoms with Gasteiger partial charge < -0.3 is 10.5 Å². The summed E-state index contributed by atoms with van der Waals surface area (Å²) in [5.41, 5.74) is 7.97. The van der Waals surface area contributed by atoms with Crippen LogP contribution < -0.4 is 10.5 Å². The average molecular weight is 209 g/mol. The van der Waals surface area contributed by atoms with Gasteiger partial charge in [-0.25, -0.2) is 0 Å². The smallest absolute Gasteiger partial charge is 0.141 e. The molecule has 1 atom stereocenters. The quantitative estimate of drug-likeness (QED) is 0.760. The number of methoxy groups -OCH3 is 1. The summed E-state index contributed by atoms with van der Waals surface area (Å²) in [6.07, 6.45) is 1.27. The van der Waals surface area contributed by atoms with E-state index in [0.29, 0.717) is 5.92 Å². The van der Waals surface area contributed by atoms with Crippen molar-refractivity contribution in [2.75, 3.05) is 24.3 Å². The third-order valence-electron chi connectivity index (χ3n) is 2.65. The fraction of sp³-hybridized carbons (Fsp3) is 0.455. The van der Waals surface area contributed by atoms with Crippen LogP contribution in [0.4, 0.5) is 5.69 Å². The van der Waals surface area contributed by atoms with E-state index in [1.54, 1.807) is 7.11 Å². The highest BCUT2D eigenvalue weighted by molar-refractivity contribution is 7.99. The highest BCUT2D eigenvalue weighted by atomic mass is 32.2. The number of thioether (sulfide) groups is 1. The topological polar surface area (TPSA) is 35.2 Å². The van der Waals surface area contributed by atoms with Gasteiger partial charge in [0, 0.05) is 5.75 Å². The lowest BCUT2D eigenvalue weighted by molar-refractivity contribution is 0.417. The van der Waals surface area contributed by atoms with Gasteiger partial charge in [0.15, 0.2) is 0 Å². The third kappa shape index (κ3) is 1.82. The Morgan fingerprint density at radius 3 is 2.93 bits per heavy atom. The fourth-order valence-corrected chi connectivity index (χ4v) is 3.07. The average Bonchev–Trinajstić information content (AvgIpc) is 2.70. The molecule has 1 aliphatic rings. The SMILES string of the molecule is COc1ccc(C2CCSC2)cc1N. The molecule has 1 aliphatic heterocycles. The summed E-state index contributed by atoms with van der Waals surface area (Å²) in [7, 11) is 1.65. The molecule has 1 aromatic rings. The Kier molecular flexibility index (Phi) is 2.87. The molecule has 14 heavy (non-hydrogen) atoms. The molecule has 2 nitrogen and oxygen atoms in total. The van der Waals surface area contributed by atoms with Crippen molar-refractivity contribution in [2.24, 2.45) is 0 Å². The first-order valence-corrected chi connectivity index (χ1v) is 5.98. The molecule has 1 unspecified atom stereocenters. The van der Waals surface area contributed by atoms with Crippen LogP contribution >= 0.6 is 11.8 Å². The largest absolute Gasteiger partial charge is 0.495 e. The number of ether oxygens (including phenoxy) is 1. The monoisotopic (exact) mass is 209 g/mol. The minimum absolute atomic E-state index is 0.688. The molecule has 0 aliphatic carbocycles. The number of rotatable bonds is 2. The third-order valence-corrected chi connectivity index (χ3v) is 3.82.